The lowest BCUT2D eigenvalue weighted by Crippen LogP contribution is -2.17. The largest absolute Gasteiger partial charge is 0.389 e. The van der Waals surface area contributed by atoms with Crippen LogP contribution < -0.4 is 4.90 Å². The first-order chi connectivity index (χ1) is 9.58. The van der Waals surface area contributed by atoms with E-state index < -0.39 is 11.9 Å². The number of para-hydroxylation sites is 1. The van der Waals surface area contributed by atoms with Crippen LogP contribution in [0.2, 0.25) is 0 Å². The topological polar surface area (TPSA) is 23.5 Å². The molecule has 1 aliphatic heterocycles. The summed E-state index contributed by atoms with van der Waals surface area (Å²) in [5.74, 6) is -0.744. The third-order valence-corrected chi connectivity index (χ3v) is 3.68. The molecule has 0 fully saturated rings. The first-order valence-electron chi connectivity index (χ1n) is 6.60. The Labute approximate surface area is 116 Å². The van der Waals surface area contributed by atoms with Crippen molar-refractivity contribution in [3.63, 3.8) is 0 Å². The van der Waals surface area contributed by atoms with E-state index in [2.05, 4.69) is 0 Å². The lowest BCUT2D eigenvalue weighted by atomic mass is 10.1. The molecule has 0 unspecified atom stereocenters. The molecule has 1 aliphatic rings. The van der Waals surface area contributed by atoms with Crippen LogP contribution in [0.3, 0.4) is 0 Å². The number of hydrogen-bond donors (Lipinski definition) is 1. The smallest absolute Gasteiger partial charge is 0.147 e. The van der Waals surface area contributed by atoms with E-state index in [1.807, 2.05) is 0 Å². The van der Waals surface area contributed by atoms with Gasteiger partial charge in [0, 0.05) is 17.8 Å². The predicted octanol–water partition coefficient (Wildman–Crippen LogP) is 3.71. The molecule has 1 atom stereocenters. The molecule has 2 aromatic rings. The highest BCUT2D eigenvalue weighted by molar-refractivity contribution is 5.72. The summed E-state index contributed by atoms with van der Waals surface area (Å²) in [6.45, 7) is 2.18. The first-order valence-corrected chi connectivity index (χ1v) is 6.60. The molecule has 0 bridgehead atoms. The molecule has 0 spiro atoms. The summed E-state index contributed by atoms with van der Waals surface area (Å²) in [6, 6.07) is 9.19. The van der Waals surface area contributed by atoms with Gasteiger partial charge in [-0.15, -0.1) is 0 Å². The number of aliphatic hydroxyl groups excluding tert-OH is 1. The van der Waals surface area contributed by atoms with E-state index in [-0.39, 0.29) is 5.82 Å². The van der Waals surface area contributed by atoms with Crippen LogP contribution in [0.5, 0.6) is 0 Å². The highest BCUT2D eigenvalue weighted by Crippen LogP contribution is 2.39. The SMILES string of the molecule is C[C@@H](O)c1cccc(F)c1N1CCc2ccc(F)cc21. The van der Waals surface area contributed by atoms with E-state index >= 15 is 0 Å². The molecule has 1 N–H and O–H groups in total. The summed E-state index contributed by atoms with van der Waals surface area (Å²) in [5.41, 5.74) is 2.53. The number of benzene rings is 2. The van der Waals surface area contributed by atoms with Crippen molar-refractivity contribution in [2.45, 2.75) is 19.4 Å². The van der Waals surface area contributed by atoms with Gasteiger partial charge >= 0.3 is 0 Å². The Hall–Kier alpha value is -1.94. The van der Waals surface area contributed by atoms with E-state index in [0.717, 1.165) is 12.0 Å². The minimum atomic E-state index is -0.779. The number of nitrogens with zero attached hydrogens (tertiary/aromatic N) is 1. The van der Waals surface area contributed by atoms with Gasteiger partial charge in [0.2, 0.25) is 0 Å². The van der Waals surface area contributed by atoms with Gasteiger partial charge in [-0.25, -0.2) is 8.78 Å². The van der Waals surface area contributed by atoms with E-state index in [9.17, 15) is 13.9 Å². The van der Waals surface area contributed by atoms with Crippen molar-refractivity contribution in [2.24, 2.45) is 0 Å². The zero-order chi connectivity index (χ0) is 14.3. The zero-order valence-corrected chi connectivity index (χ0v) is 11.1. The highest BCUT2D eigenvalue weighted by Gasteiger charge is 2.26. The third kappa shape index (κ3) is 2.06. The molecule has 0 aliphatic carbocycles. The second-order valence-electron chi connectivity index (χ2n) is 5.03. The minimum Gasteiger partial charge on any atom is -0.389 e. The molecule has 3 rings (SSSR count). The first kappa shape index (κ1) is 13.1. The molecule has 1 heterocycles. The molecule has 2 aromatic carbocycles. The van der Waals surface area contributed by atoms with E-state index in [0.29, 0.717) is 23.5 Å². The normalized spacial score (nSPS) is 15.3. The Morgan fingerprint density at radius 1 is 1.20 bits per heavy atom. The zero-order valence-electron chi connectivity index (χ0n) is 11.1. The number of aliphatic hydroxyl groups is 1. The van der Waals surface area contributed by atoms with E-state index in [1.165, 1.54) is 18.2 Å². The van der Waals surface area contributed by atoms with Gasteiger partial charge in [0.25, 0.3) is 0 Å². The summed E-state index contributed by atoms with van der Waals surface area (Å²) < 4.78 is 27.7. The van der Waals surface area contributed by atoms with Crippen LogP contribution in [0.1, 0.15) is 24.2 Å². The second kappa shape index (κ2) is 4.87. The summed E-state index contributed by atoms with van der Waals surface area (Å²) in [7, 11) is 0. The van der Waals surface area contributed by atoms with Crippen molar-refractivity contribution < 1.29 is 13.9 Å². The standard InChI is InChI=1S/C16H15F2NO/c1-10(20)13-3-2-4-14(18)16(13)19-8-7-11-5-6-12(17)9-15(11)19/h2-6,9-10,20H,7-8H2,1H3/t10-/m1/s1. The Balaban J connectivity index is 2.15. The summed E-state index contributed by atoms with van der Waals surface area (Å²) in [6.07, 6.45) is -0.0401. The molecule has 0 radical (unpaired) electrons. The lowest BCUT2D eigenvalue weighted by molar-refractivity contribution is 0.199. The van der Waals surface area contributed by atoms with E-state index in [4.69, 9.17) is 0 Å². The molecule has 0 amide bonds. The molecule has 2 nitrogen and oxygen atoms in total. The second-order valence-corrected chi connectivity index (χ2v) is 5.03. The van der Waals surface area contributed by atoms with Crippen molar-refractivity contribution in [3.8, 4) is 0 Å². The third-order valence-electron chi connectivity index (χ3n) is 3.68. The molecule has 20 heavy (non-hydrogen) atoms. The molecular weight excluding hydrogens is 260 g/mol. The Bertz CT molecular complexity index is 655. The number of fused-ring (bicyclic) bond motifs is 1. The Kier molecular flexibility index (Phi) is 3.18. The number of halogens is 2. The molecule has 4 heteroatoms. The number of anilines is 2. The van der Waals surface area contributed by atoms with Crippen molar-refractivity contribution in [1.82, 2.24) is 0 Å². The van der Waals surface area contributed by atoms with Gasteiger partial charge in [0.05, 0.1) is 11.8 Å². The fourth-order valence-electron chi connectivity index (χ4n) is 2.74. The van der Waals surface area contributed by atoms with Crippen molar-refractivity contribution in [3.05, 3.63) is 59.2 Å². The van der Waals surface area contributed by atoms with Gasteiger partial charge in [-0.3, -0.25) is 0 Å². The fraction of sp³-hybridized carbons (Fsp3) is 0.250. The quantitative estimate of drug-likeness (QED) is 0.903. The van der Waals surface area contributed by atoms with Crippen molar-refractivity contribution in [1.29, 1.82) is 0 Å². The van der Waals surface area contributed by atoms with Gasteiger partial charge in [-0.2, -0.15) is 0 Å². The maximum atomic E-state index is 14.2. The van der Waals surface area contributed by atoms with Crippen molar-refractivity contribution in [2.75, 3.05) is 11.4 Å². The lowest BCUT2D eigenvalue weighted by Gasteiger charge is -2.24. The van der Waals surface area contributed by atoms with Gasteiger partial charge in [-0.05, 0) is 37.1 Å². The molecule has 0 saturated heterocycles. The fourth-order valence-corrected chi connectivity index (χ4v) is 2.74. The van der Waals surface area contributed by atoms with Crippen molar-refractivity contribution >= 4 is 11.4 Å². The predicted molar refractivity (Wildman–Crippen MR) is 74.1 cm³/mol. The Morgan fingerprint density at radius 3 is 2.75 bits per heavy atom. The van der Waals surface area contributed by atoms with Crippen LogP contribution in [-0.4, -0.2) is 11.7 Å². The van der Waals surface area contributed by atoms with Crippen LogP contribution >= 0.6 is 0 Å². The highest BCUT2D eigenvalue weighted by atomic mass is 19.1. The van der Waals surface area contributed by atoms with Gasteiger partial charge in [-0.1, -0.05) is 18.2 Å². The average molecular weight is 275 g/mol. The van der Waals surface area contributed by atoms with E-state index in [1.54, 1.807) is 30.0 Å². The summed E-state index contributed by atoms with van der Waals surface area (Å²) >= 11 is 0. The van der Waals surface area contributed by atoms with Crippen LogP contribution in [0, 0.1) is 11.6 Å². The van der Waals surface area contributed by atoms with Crippen LogP contribution in [0.25, 0.3) is 0 Å². The molecule has 104 valence electrons. The van der Waals surface area contributed by atoms with Crippen LogP contribution in [-0.2, 0) is 6.42 Å². The molecule has 0 aromatic heterocycles. The number of hydrogen-bond acceptors (Lipinski definition) is 2. The Morgan fingerprint density at radius 2 is 2.00 bits per heavy atom. The van der Waals surface area contributed by atoms with Gasteiger partial charge in [0.1, 0.15) is 11.6 Å². The van der Waals surface area contributed by atoms with Gasteiger partial charge in [0.15, 0.2) is 0 Å². The molecule has 0 saturated carbocycles. The number of rotatable bonds is 2. The monoisotopic (exact) mass is 275 g/mol. The maximum absolute atomic E-state index is 14.2. The van der Waals surface area contributed by atoms with Gasteiger partial charge < -0.3 is 10.0 Å². The maximum Gasteiger partial charge on any atom is 0.147 e. The summed E-state index contributed by atoms with van der Waals surface area (Å²) in [4.78, 5) is 1.75. The molecular formula is C16H15F2NO. The van der Waals surface area contributed by atoms with Crippen LogP contribution in [0.15, 0.2) is 36.4 Å². The average Bonchev–Trinajstić information content (AvgIpc) is 2.81. The summed E-state index contributed by atoms with van der Waals surface area (Å²) in [5, 5.41) is 9.82. The minimum absolute atomic E-state index is 0.340. The van der Waals surface area contributed by atoms with Crippen LogP contribution in [0.4, 0.5) is 20.2 Å².